The Hall–Kier alpha value is -1.07. The predicted octanol–water partition coefficient (Wildman–Crippen LogP) is 1.41. The van der Waals surface area contributed by atoms with Crippen molar-refractivity contribution in [2.45, 2.75) is 30.7 Å². The first-order valence-corrected chi connectivity index (χ1v) is 8.02. The molecule has 0 radical (unpaired) electrons. The molecule has 1 fully saturated rings. The molecular weight excluding hydrogens is 248 g/mol. The number of piperidine rings is 1. The Balaban J connectivity index is 2.39. The van der Waals surface area contributed by atoms with Crippen molar-refractivity contribution in [2.75, 3.05) is 23.7 Å². The van der Waals surface area contributed by atoms with Gasteiger partial charge >= 0.3 is 0 Å². The van der Waals surface area contributed by atoms with Crippen molar-refractivity contribution >= 4 is 15.5 Å². The Morgan fingerprint density at radius 3 is 2.78 bits per heavy atom. The van der Waals surface area contributed by atoms with Crippen LogP contribution in [0.25, 0.3) is 0 Å². The number of nitrogens with zero attached hydrogens (tertiary/aromatic N) is 1. The van der Waals surface area contributed by atoms with E-state index >= 15 is 0 Å². The highest BCUT2D eigenvalue weighted by atomic mass is 32.2. The van der Waals surface area contributed by atoms with E-state index in [2.05, 4.69) is 4.90 Å². The average molecular weight is 268 g/mol. The third-order valence-corrected chi connectivity index (χ3v) is 5.15. The number of rotatable bonds is 3. The highest BCUT2D eigenvalue weighted by Crippen LogP contribution is 2.28. The maximum absolute atomic E-state index is 12.1. The van der Waals surface area contributed by atoms with E-state index in [1.54, 1.807) is 19.1 Å². The van der Waals surface area contributed by atoms with Crippen LogP contribution >= 0.6 is 0 Å². The molecule has 0 saturated carbocycles. The highest BCUT2D eigenvalue weighted by molar-refractivity contribution is 7.91. The van der Waals surface area contributed by atoms with Crippen molar-refractivity contribution in [2.24, 2.45) is 5.73 Å². The maximum atomic E-state index is 12.1. The minimum Gasteiger partial charge on any atom is -0.369 e. The van der Waals surface area contributed by atoms with Crippen molar-refractivity contribution in [3.05, 3.63) is 24.3 Å². The Bertz CT molecular complexity index is 513. The van der Waals surface area contributed by atoms with Crippen molar-refractivity contribution in [1.82, 2.24) is 0 Å². The van der Waals surface area contributed by atoms with Crippen LogP contribution in [-0.4, -0.2) is 33.3 Å². The molecule has 100 valence electrons. The Morgan fingerprint density at radius 2 is 2.11 bits per heavy atom. The van der Waals surface area contributed by atoms with E-state index < -0.39 is 9.84 Å². The predicted molar refractivity (Wildman–Crippen MR) is 73.6 cm³/mol. The second kappa shape index (κ2) is 5.28. The van der Waals surface area contributed by atoms with Gasteiger partial charge in [0.15, 0.2) is 9.84 Å². The molecule has 0 aliphatic carbocycles. The largest absolute Gasteiger partial charge is 0.369 e. The van der Waals surface area contributed by atoms with E-state index in [0.717, 1.165) is 31.6 Å². The summed E-state index contributed by atoms with van der Waals surface area (Å²) in [7, 11) is -3.18. The van der Waals surface area contributed by atoms with E-state index in [1.807, 2.05) is 12.1 Å². The third kappa shape index (κ3) is 2.67. The number of hydrogen-bond donors (Lipinski definition) is 1. The van der Waals surface area contributed by atoms with Gasteiger partial charge in [-0.3, -0.25) is 0 Å². The molecule has 0 amide bonds. The fraction of sp³-hybridized carbons (Fsp3) is 0.538. The quantitative estimate of drug-likeness (QED) is 0.900. The number of nitrogens with two attached hydrogens (primary N) is 1. The van der Waals surface area contributed by atoms with Gasteiger partial charge in [0.1, 0.15) is 0 Å². The molecule has 0 aromatic heterocycles. The molecule has 2 rings (SSSR count). The van der Waals surface area contributed by atoms with Gasteiger partial charge in [-0.05, 0) is 25.0 Å². The third-order valence-electron chi connectivity index (χ3n) is 3.38. The van der Waals surface area contributed by atoms with E-state index in [1.165, 1.54) is 0 Å². The number of para-hydroxylation sites is 1. The second-order valence-corrected chi connectivity index (χ2v) is 6.97. The first-order valence-electron chi connectivity index (χ1n) is 6.37. The number of hydrogen-bond acceptors (Lipinski definition) is 4. The summed E-state index contributed by atoms with van der Waals surface area (Å²) in [5.74, 6) is 0.129. The zero-order valence-electron chi connectivity index (χ0n) is 10.7. The first kappa shape index (κ1) is 13.4. The van der Waals surface area contributed by atoms with Gasteiger partial charge in [0.05, 0.1) is 16.3 Å². The zero-order valence-corrected chi connectivity index (χ0v) is 11.5. The van der Waals surface area contributed by atoms with Crippen molar-refractivity contribution in [1.29, 1.82) is 0 Å². The van der Waals surface area contributed by atoms with Crippen molar-refractivity contribution < 1.29 is 8.42 Å². The van der Waals surface area contributed by atoms with Crippen LogP contribution in [0.1, 0.15) is 19.8 Å². The molecule has 1 aromatic carbocycles. The normalized spacial score (nSPS) is 21.0. The van der Waals surface area contributed by atoms with Crippen LogP contribution in [0.15, 0.2) is 29.2 Å². The van der Waals surface area contributed by atoms with E-state index in [9.17, 15) is 8.42 Å². The smallest absolute Gasteiger partial charge is 0.180 e. The fourth-order valence-corrected chi connectivity index (χ4v) is 3.48. The molecule has 1 heterocycles. The van der Waals surface area contributed by atoms with Gasteiger partial charge in [-0.1, -0.05) is 19.1 Å². The Morgan fingerprint density at radius 1 is 1.39 bits per heavy atom. The fourth-order valence-electron chi connectivity index (χ4n) is 2.37. The lowest BCUT2D eigenvalue weighted by Crippen LogP contribution is -2.43. The lowest BCUT2D eigenvalue weighted by Gasteiger charge is -2.33. The minimum absolute atomic E-state index is 0.129. The summed E-state index contributed by atoms with van der Waals surface area (Å²) >= 11 is 0. The molecule has 1 saturated heterocycles. The summed E-state index contributed by atoms with van der Waals surface area (Å²) in [6, 6.07) is 7.35. The average Bonchev–Trinajstić information content (AvgIpc) is 2.39. The highest BCUT2D eigenvalue weighted by Gasteiger charge is 2.23. The van der Waals surface area contributed by atoms with Crippen molar-refractivity contribution in [3.63, 3.8) is 0 Å². The molecule has 0 bridgehead atoms. The van der Waals surface area contributed by atoms with Crippen LogP contribution < -0.4 is 10.6 Å². The number of benzene rings is 1. The van der Waals surface area contributed by atoms with Gasteiger partial charge in [0, 0.05) is 19.1 Å². The first-order chi connectivity index (χ1) is 8.54. The Labute approximate surface area is 109 Å². The van der Waals surface area contributed by atoms with Crippen LogP contribution in [0.4, 0.5) is 5.69 Å². The summed E-state index contributed by atoms with van der Waals surface area (Å²) in [6.07, 6.45) is 2.03. The molecule has 1 aliphatic rings. The van der Waals surface area contributed by atoms with Gasteiger partial charge in [0.2, 0.25) is 0 Å². The summed E-state index contributed by atoms with van der Waals surface area (Å²) in [5.41, 5.74) is 6.76. The maximum Gasteiger partial charge on any atom is 0.180 e. The van der Waals surface area contributed by atoms with Crippen LogP contribution in [0, 0.1) is 0 Å². The SMILES string of the molecule is CCS(=O)(=O)c1ccccc1N1CCCC(N)C1. The van der Waals surface area contributed by atoms with E-state index in [-0.39, 0.29) is 11.8 Å². The lowest BCUT2D eigenvalue weighted by atomic mass is 10.1. The molecule has 1 atom stereocenters. The molecule has 0 spiro atoms. The summed E-state index contributed by atoms with van der Waals surface area (Å²) < 4.78 is 24.2. The zero-order chi connectivity index (χ0) is 13.2. The van der Waals surface area contributed by atoms with Gasteiger partial charge in [-0.15, -0.1) is 0 Å². The van der Waals surface area contributed by atoms with Gasteiger partial charge in [-0.2, -0.15) is 0 Å². The summed E-state index contributed by atoms with van der Waals surface area (Å²) in [4.78, 5) is 2.53. The van der Waals surface area contributed by atoms with Gasteiger partial charge in [-0.25, -0.2) is 8.42 Å². The molecule has 4 nitrogen and oxygen atoms in total. The van der Waals surface area contributed by atoms with Crippen LogP contribution in [-0.2, 0) is 9.84 Å². The van der Waals surface area contributed by atoms with Crippen LogP contribution in [0.2, 0.25) is 0 Å². The lowest BCUT2D eigenvalue weighted by molar-refractivity contribution is 0.503. The van der Waals surface area contributed by atoms with E-state index in [4.69, 9.17) is 5.73 Å². The Kier molecular flexibility index (Phi) is 3.92. The standard InChI is InChI=1S/C13H20N2O2S/c1-2-18(16,17)13-8-4-3-7-12(13)15-9-5-6-11(14)10-15/h3-4,7-8,11H,2,5-6,9-10,14H2,1H3. The van der Waals surface area contributed by atoms with Crippen LogP contribution in [0.3, 0.4) is 0 Å². The van der Waals surface area contributed by atoms with Crippen LogP contribution in [0.5, 0.6) is 0 Å². The summed E-state index contributed by atoms with van der Waals surface area (Å²) in [6.45, 7) is 3.29. The van der Waals surface area contributed by atoms with Gasteiger partial charge in [0.25, 0.3) is 0 Å². The second-order valence-electron chi connectivity index (χ2n) is 4.72. The number of anilines is 1. The monoisotopic (exact) mass is 268 g/mol. The molecule has 1 aromatic rings. The van der Waals surface area contributed by atoms with Gasteiger partial charge < -0.3 is 10.6 Å². The topological polar surface area (TPSA) is 63.4 Å². The molecule has 1 unspecified atom stereocenters. The number of sulfone groups is 1. The molecule has 1 aliphatic heterocycles. The van der Waals surface area contributed by atoms with Crippen molar-refractivity contribution in [3.8, 4) is 0 Å². The molecule has 18 heavy (non-hydrogen) atoms. The van der Waals surface area contributed by atoms with E-state index in [0.29, 0.717) is 4.90 Å². The molecule has 2 N–H and O–H groups in total. The summed E-state index contributed by atoms with van der Waals surface area (Å²) in [5, 5.41) is 0. The minimum atomic E-state index is -3.18. The molecule has 5 heteroatoms. The molecular formula is C13H20N2O2S.